The number of nitrogens with one attached hydrogen (secondary N) is 2. The Morgan fingerprint density at radius 3 is 2.48 bits per heavy atom. The normalized spacial score (nSPS) is 10.4. The van der Waals surface area contributed by atoms with Gasteiger partial charge >= 0.3 is 0 Å². The van der Waals surface area contributed by atoms with Gasteiger partial charge in [-0.15, -0.1) is 5.10 Å². The number of thioether (sulfide) groups is 1. The molecule has 1 heterocycles. The van der Waals surface area contributed by atoms with E-state index >= 15 is 0 Å². The summed E-state index contributed by atoms with van der Waals surface area (Å²) < 4.78 is 10.4. The molecule has 8 heteroatoms. The number of hydrogen-bond acceptors (Lipinski definition) is 6. The molecule has 0 spiro atoms. The van der Waals surface area contributed by atoms with E-state index in [0.717, 1.165) is 11.4 Å². The molecule has 0 unspecified atom stereocenters. The van der Waals surface area contributed by atoms with E-state index < -0.39 is 0 Å². The van der Waals surface area contributed by atoms with Crippen LogP contribution in [0.4, 0.5) is 0 Å². The lowest BCUT2D eigenvalue weighted by atomic mass is 10.2. The van der Waals surface area contributed by atoms with Crippen molar-refractivity contribution in [2.24, 2.45) is 0 Å². The molecule has 2 aromatic carbocycles. The predicted molar refractivity (Wildman–Crippen MR) is 104 cm³/mol. The lowest BCUT2D eigenvalue weighted by molar-refractivity contribution is 0.0955. The third-order valence-electron chi connectivity index (χ3n) is 3.74. The minimum atomic E-state index is -0.187. The number of methoxy groups -OCH3 is 2. The Kier molecular flexibility index (Phi) is 6.32. The van der Waals surface area contributed by atoms with Crippen LogP contribution in [-0.4, -0.2) is 47.6 Å². The van der Waals surface area contributed by atoms with Crippen LogP contribution in [0.2, 0.25) is 0 Å². The Hall–Kier alpha value is -3.00. The van der Waals surface area contributed by atoms with E-state index in [1.807, 2.05) is 30.3 Å². The molecule has 0 aliphatic rings. The maximum Gasteiger partial charge on any atom is 0.251 e. The van der Waals surface area contributed by atoms with Crippen LogP contribution in [0.25, 0.3) is 11.4 Å². The minimum Gasteiger partial charge on any atom is -0.497 e. The summed E-state index contributed by atoms with van der Waals surface area (Å²) in [6.45, 7) is 0.484. The molecule has 0 atom stereocenters. The number of benzene rings is 2. The zero-order valence-electron chi connectivity index (χ0n) is 15.1. The van der Waals surface area contributed by atoms with Gasteiger partial charge in [0, 0.05) is 29.5 Å². The molecule has 27 heavy (non-hydrogen) atoms. The van der Waals surface area contributed by atoms with Crippen molar-refractivity contribution in [1.29, 1.82) is 0 Å². The summed E-state index contributed by atoms with van der Waals surface area (Å²) in [5.41, 5.74) is 1.47. The number of amides is 1. The molecule has 7 nitrogen and oxygen atoms in total. The number of carbonyl (C=O) groups is 1. The third-order valence-corrected chi connectivity index (χ3v) is 4.59. The van der Waals surface area contributed by atoms with E-state index in [1.165, 1.54) is 11.8 Å². The molecule has 0 fully saturated rings. The fraction of sp³-hybridized carbons (Fsp3) is 0.211. The van der Waals surface area contributed by atoms with Crippen LogP contribution in [0, 0.1) is 0 Å². The second-order valence-corrected chi connectivity index (χ2v) is 6.60. The number of carbonyl (C=O) groups excluding carboxylic acids is 1. The number of aromatic amines is 1. The highest BCUT2D eigenvalue weighted by atomic mass is 32.2. The first-order valence-corrected chi connectivity index (χ1v) is 9.30. The summed E-state index contributed by atoms with van der Waals surface area (Å²) in [7, 11) is 3.10. The first-order chi connectivity index (χ1) is 13.2. The van der Waals surface area contributed by atoms with Crippen molar-refractivity contribution in [1.82, 2.24) is 20.5 Å². The van der Waals surface area contributed by atoms with Crippen LogP contribution in [0.15, 0.2) is 53.7 Å². The second-order valence-electron chi connectivity index (χ2n) is 5.54. The Labute approximate surface area is 161 Å². The topological polar surface area (TPSA) is 89.1 Å². The van der Waals surface area contributed by atoms with Crippen molar-refractivity contribution in [3.05, 3.63) is 54.1 Å². The maximum absolute atomic E-state index is 12.3. The standard InChI is InChI=1S/C19H20N4O3S/c1-25-15-10-14(11-16(12-15)26-2)18(24)20-8-9-27-19-21-17(22-23-19)13-6-4-3-5-7-13/h3-7,10-12H,8-9H2,1-2H3,(H,20,24)(H,21,22,23). The molecular weight excluding hydrogens is 364 g/mol. The monoisotopic (exact) mass is 384 g/mol. The van der Waals surface area contributed by atoms with Crippen LogP contribution in [0.5, 0.6) is 11.5 Å². The predicted octanol–water partition coefficient (Wildman–Crippen LogP) is 3.01. The lowest BCUT2D eigenvalue weighted by Gasteiger charge is -2.09. The van der Waals surface area contributed by atoms with Crippen molar-refractivity contribution < 1.29 is 14.3 Å². The summed E-state index contributed by atoms with van der Waals surface area (Å²) >= 11 is 1.47. The molecule has 2 N–H and O–H groups in total. The summed E-state index contributed by atoms with van der Waals surface area (Å²) in [6, 6.07) is 14.9. The van der Waals surface area contributed by atoms with Gasteiger partial charge in [0.2, 0.25) is 5.16 Å². The number of ether oxygens (including phenoxy) is 2. The smallest absolute Gasteiger partial charge is 0.251 e. The van der Waals surface area contributed by atoms with Crippen LogP contribution >= 0.6 is 11.8 Å². The molecule has 0 radical (unpaired) electrons. The highest BCUT2D eigenvalue weighted by Gasteiger charge is 2.10. The largest absolute Gasteiger partial charge is 0.497 e. The molecular formula is C19H20N4O3S. The highest BCUT2D eigenvalue weighted by Crippen LogP contribution is 2.22. The van der Waals surface area contributed by atoms with Gasteiger partial charge in [-0.2, -0.15) is 0 Å². The van der Waals surface area contributed by atoms with E-state index in [2.05, 4.69) is 20.5 Å². The van der Waals surface area contributed by atoms with Crippen molar-refractivity contribution in [3.8, 4) is 22.9 Å². The average Bonchev–Trinajstić information content (AvgIpc) is 3.20. The highest BCUT2D eigenvalue weighted by molar-refractivity contribution is 7.99. The number of aromatic nitrogens is 3. The number of H-pyrrole nitrogens is 1. The molecule has 3 rings (SSSR count). The maximum atomic E-state index is 12.3. The molecule has 0 bridgehead atoms. The van der Waals surface area contributed by atoms with Crippen LogP contribution in [-0.2, 0) is 0 Å². The quantitative estimate of drug-likeness (QED) is 0.458. The number of rotatable bonds is 8. The summed E-state index contributed by atoms with van der Waals surface area (Å²) in [6.07, 6.45) is 0. The Balaban J connectivity index is 1.50. The average molecular weight is 384 g/mol. The summed E-state index contributed by atoms with van der Waals surface area (Å²) in [5, 5.41) is 10.6. The zero-order valence-corrected chi connectivity index (χ0v) is 15.9. The molecule has 0 aliphatic carbocycles. The van der Waals surface area contributed by atoms with Crippen molar-refractivity contribution >= 4 is 17.7 Å². The molecule has 140 valence electrons. The van der Waals surface area contributed by atoms with Crippen LogP contribution in [0.1, 0.15) is 10.4 Å². The molecule has 0 aliphatic heterocycles. The van der Waals surface area contributed by atoms with Gasteiger partial charge in [-0.25, -0.2) is 4.98 Å². The van der Waals surface area contributed by atoms with Gasteiger partial charge in [0.15, 0.2) is 5.82 Å². The van der Waals surface area contributed by atoms with E-state index in [4.69, 9.17) is 9.47 Å². The number of nitrogens with zero attached hydrogens (tertiary/aromatic N) is 2. The Morgan fingerprint density at radius 2 is 1.81 bits per heavy atom. The number of hydrogen-bond donors (Lipinski definition) is 2. The van der Waals surface area contributed by atoms with Gasteiger partial charge in [-0.05, 0) is 12.1 Å². The molecule has 1 amide bonds. The van der Waals surface area contributed by atoms with Gasteiger partial charge < -0.3 is 14.8 Å². The lowest BCUT2D eigenvalue weighted by Crippen LogP contribution is -2.25. The van der Waals surface area contributed by atoms with Gasteiger partial charge in [0.1, 0.15) is 11.5 Å². The fourth-order valence-corrected chi connectivity index (χ4v) is 3.04. The van der Waals surface area contributed by atoms with E-state index in [1.54, 1.807) is 32.4 Å². The third kappa shape index (κ3) is 5.01. The van der Waals surface area contributed by atoms with Crippen LogP contribution in [0.3, 0.4) is 0 Å². The molecule has 0 saturated carbocycles. The SMILES string of the molecule is COc1cc(OC)cc(C(=O)NCCSc2n[nH]c(-c3ccccc3)n2)c1. The van der Waals surface area contributed by atoms with Crippen molar-refractivity contribution in [2.45, 2.75) is 5.16 Å². The van der Waals surface area contributed by atoms with Crippen LogP contribution < -0.4 is 14.8 Å². The first kappa shape index (κ1) is 18.8. The van der Waals surface area contributed by atoms with Gasteiger partial charge in [-0.1, -0.05) is 42.1 Å². The zero-order chi connectivity index (χ0) is 19.1. The van der Waals surface area contributed by atoms with Crippen molar-refractivity contribution in [2.75, 3.05) is 26.5 Å². The van der Waals surface area contributed by atoms with Gasteiger partial charge in [-0.3, -0.25) is 9.89 Å². The fourth-order valence-electron chi connectivity index (χ4n) is 2.38. The Morgan fingerprint density at radius 1 is 1.11 bits per heavy atom. The summed E-state index contributed by atoms with van der Waals surface area (Å²) in [5.74, 6) is 2.34. The van der Waals surface area contributed by atoms with E-state index in [9.17, 15) is 4.79 Å². The van der Waals surface area contributed by atoms with Gasteiger partial charge in [0.05, 0.1) is 14.2 Å². The van der Waals surface area contributed by atoms with Crippen molar-refractivity contribution in [3.63, 3.8) is 0 Å². The van der Waals surface area contributed by atoms with E-state index in [-0.39, 0.29) is 5.91 Å². The molecule has 3 aromatic rings. The molecule has 1 aromatic heterocycles. The second kappa shape index (κ2) is 9.09. The summed E-state index contributed by atoms with van der Waals surface area (Å²) in [4.78, 5) is 16.8. The van der Waals surface area contributed by atoms with Gasteiger partial charge in [0.25, 0.3) is 5.91 Å². The minimum absolute atomic E-state index is 0.187. The first-order valence-electron chi connectivity index (χ1n) is 8.31. The van der Waals surface area contributed by atoms with E-state index in [0.29, 0.717) is 34.5 Å². The molecule has 0 saturated heterocycles. The Bertz CT molecular complexity index is 877.